The highest BCUT2D eigenvalue weighted by atomic mass is 79.9. The lowest BCUT2D eigenvalue weighted by Crippen LogP contribution is -2.48. The molecule has 2 rings (SSSR count). The number of nitrogens with zero attached hydrogens (tertiary/aromatic N) is 3. The normalized spacial score (nSPS) is 24.3. The predicted octanol–water partition coefficient (Wildman–Crippen LogP) is 1.20. The van der Waals surface area contributed by atoms with Crippen molar-refractivity contribution < 1.29 is 0 Å². The van der Waals surface area contributed by atoms with Crippen LogP contribution in [-0.4, -0.2) is 28.9 Å². The van der Waals surface area contributed by atoms with E-state index < -0.39 is 0 Å². The molecule has 2 atom stereocenters. The van der Waals surface area contributed by atoms with Gasteiger partial charge in [0.25, 0.3) is 5.56 Å². The van der Waals surface area contributed by atoms with E-state index >= 15 is 0 Å². The largest absolute Gasteiger partial charge is 0.368 e. The van der Waals surface area contributed by atoms with Crippen LogP contribution in [0.3, 0.4) is 0 Å². The van der Waals surface area contributed by atoms with Gasteiger partial charge in [-0.15, -0.1) is 0 Å². The maximum atomic E-state index is 12.0. The minimum absolute atomic E-state index is 0.0813. The Morgan fingerprint density at radius 1 is 1.61 bits per heavy atom. The van der Waals surface area contributed by atoms with Crippen molar-refractivity contribution in [1.29, 1.82) is 0 Å². The topological polar surface area (TPSA) is 64.2 Å². The number of aromatic nitrogens is 2. The highest BCUT2D eigenvalue weighted by molar-refractivity contribution is 9.10. The molecule has 5 nitrogen and oxygen atoms in total. The van der Waals surface area contributed by atoms with Gasteiger partial charge in [-0.05, 0) is 35.2 Å². The average molecular weight is 315 g/mol. The Kier molecular flexibility index (Phi) is 4.07. The van der Waals surface area contributed by atoms with Gasteiger partial charge in [0.15, 0.2) is 0 Å². The van der Waals surface area contributed by atoms with E-state index in [1.807, 2.05) is 6.92 Å². The number of aryl methyl sites for hydroxylation is 1. The second-order valence-electron chi connectivity index (χ2n) is 4.84. The van der Waals surface area contributed by atoms with Crippen LogP contribution in [0.5, 0.6) is 0 Å². The van der Waals surface area contributed by atoms with E-state index in [0.29, 0.717) is 16.9 Å². The van der Waals surface area contributed by atoms with Crippen molar-refractivity contribution in [1.82, 2.24) is 9.78 Å². The number of anilines is 1. The second-order valence-corrected chi connectivity index (χ2v) is 5.63. The van der Waals surface area contributed by atoms with Crippen LogP contribution in [-0.2, 0) is 6.54 Å². The first-order valence-corrected chi connectivity index (χ1v) is 7.10. The smallest absolute Gasteiger partial charge is 0.283 e. The zero-order valence-corrected chi connectivity index (χ0v) is 12.4. The van der Waals surface area contributed by atoms with E-state index in [4.69, 9.17) is 5.73 Å². The van der Waals surface area contributed by atoms with E-state index in [9.17, 15) is 4.79 Å². The summed E-state index contributed by atoms with van der Waals surface area (Å²) in [4.78, 5) is 14.1. The highest BCUT2D eigenvalue weighted by Crippen LogP contribution is 2.26. The van der Waals surface area contributed by atoms with Gasteiger partial charge in [-0.25, -0.2) is 4.68 Å². The summed E-state index contributed by atoms with van der Waals surface area (Å²) in [5, 5.41) is 4.17. The molecule has 18 heavy (non-hydrogen) atoms. The summed E-state index contributed by atoms with van der Waals surface area (Å²) in [6.45, 7) is 6.35. The maximum Gasteiger partial charge on any atom is 0.283 e. The fourth-order valence-corrected chi connectivity index (χ4v) is 2.78. The summed E-state index contributed by atoms with van der Waals surface area (Å²) in [6, 6.07) is 0.152. The van der Waals surface area contributed by atoms with Crippen LogP contribution < -0.4 is 16.2 Å². The SMILES string of the molecule is CCn1ncc(N2CCC(C)C(N)C2)c(Br)c1=O. The monoisotopic (exact) mass is 314 g/mol. The van der Waals surface area contributed by atoms with Crippen molar-refractivity contribution >= 4 is 21.6 Å². The number of rotatable bonds is 2. The molecule has 2 N–H and O–H groups in total. The van der Waals surface area contributed by atoms with E-state index in [1.54, 1.807) is 6.20 Å². The Balaban J connectivity index is 2.29. The van der Waals surface area contributed by atoms with Crippen molar-refractivity contribution in [2.75, 3.05) is 18.0 Å². The van der Waals surface area contributed by atoms with Crippen molar-refractivity contribution in [2.45, 2.75) is 32.9 Å². The van der Waals surface area contributed by atoms with E-state index in [1.165, 1.54) is 4.68 Å². The Labute approximate surface area is 115 Å². The summed E-state index contributed by atoms with van der Waals surface area (Å²) in [5.74, 6) is 0.531. The van der Waals surface area contributed by atoms with E-state index in [0.717, 1.165) is 25.2 Å². The molecule has 1 saturated heterocycles. The first-order chi connectivity index (χ1) is 8.54. The molecular formula is C12H19BrN4O. The first-order valence-electron chi connectivity index (χ1n) is 6.30. The minimum Gasteiger partial charge on any atom is -0.368 e. The van der Waals surface area contributed by atoms with Gasteiger partial charge in [0.1, 0.15) is 4.47 Å². The summed E-state index contributed by atoms with van der Waals surface area (Å²) in [6.07, 6.45) is 2.79. The summed E-state index contributed by atoms with van der Waals surface area (Å²) in [5.41, 5.74) is 6.86. The van der Waals surface area contributed by atoms with Crippen molar-refractivity contribution in [3.05, 3.63) is 21.0 Å². The van der Waals surface area contributed by atoms with Crippen LogP contribution in [0.2, 0.25) is 0 Å². The molecule has 0 radical (unpaired) electrons. The zero-order valence-electron chi connectivity index (χ0n) is 10.8. The van der Waals surface area contributed by atoms with Gasteiger partial charge in [0.2, 0.25) is 0 Å². The maximum absolute atomic E-state index is 12.0. The molecule has 6 heteroatoms. The summed E-state index contributed by atoms with van der Waals surface area (Å²) < 4.78 is 2.03. The lowest BCUT2D eigenvalue weighted by Gasteiger charge is -2.36. The molecule has 0 bridgehead atoms. The lowest BCUT2D eigenvalue weighted by molar-refractivity contribution is 0.378. The van der Waals surface area contributed by atoms with Crippen LogP contribution >= 0.6 is 15.9 Å². The van der Waals surface area contributed by atoms with E-state index in [-0.39, 0.29) is 11.6 Å². The van der Waals surface area contributed by atoms with Crippen LogP contribution in [0.1, 0.15) is 20.3 Å². The fourth-order valence-electron chi connectivity index (χ4n) is 2.22. The quantitative estimate of drug-likeness (QED) is 0.891. The molecule has 2 heterocycles. The molecule has 1 fully saturated rings. The van der Waals surface area contributed by atoms with Crippen molar-refractivity contribution in [3.8, 4) is 0 Å². The summed E-state index contributed by atoms with van der Waals surface area (Å²) in [7, 11) is 0. The van der Waals surface area contributed by atoms with Crippen LogP contribution in [0.15, 0.2) is 15.5 Å². The summed E-state index contributed by atoms with van der Waals surface area (Å²) >= 11 is 3.39. The van der Waals surface area contributed by atoms with Crippen molar-refractivity contribution in [3.63, 3.8) is 0 Å². The second kappa shape index (κ2) is 5.40. The van der Waals surface area contributed by atoms with E-state index in [2.05, 4.69) is 32.9 Å². The van der Waals surface area contributed by atoms with Gasteiger partial charge in [0.05, 0.1) is 11.9 Å². The minimum atomic E-state index is -0.0813. The molecule has 0 amide bonds. The molecule has 0 saturated carbocycles. The lowest BCUT2D eigenvalue weighted by atomic mass is 9.94. The number of halogens is 1. The van der Waals surface area contributed by atoms with Gasteiger partial charge in [-0.2, -0.15) is 5.10 Å². The molecule has 2 unspecified atom stereocenters. The third-order valence-electron chi connectivity index (χ3n) is 3.62. The molecule has 0 spiro atoms. The number of piperidine rings is 1. The van der Waals surface area contributed by atoms with Gasteiger partial charge >= 0.3 is 0 Å². The van der Waals surface area contributed by atoms with Crippen LogP contribution in [0, 0.1) is 5.92 Å². The molecular weight excluding hydrogens is 296 g/mol. The molecule has 1 aromatic heterocycles. The Bertz CT molecular complexity index is 487. The molecule has 0 aromatic carbocycles. The number of hydrogen-bond donors (Lipinski definition) is 1. The predicted molar refractivity (Wildman–Crippen MR) is 75.8 cm³/mol. The highest BCUT2D eigenvalue weighted by Gasteiger charge is 2.25. The molecule has 1 aromatic rings. The van der Waals surface area contributed by atoms with Gasteiger partial charge < -0.3 is 10.6 Å². The molecule has 1 aliphatic rings. The Morgan fingerprint density at radius 2 is 2.33 bits per heavy atom. The fraction of sp³-hybridized carbons (Fsp3) is 0.667. The molecule has 1 aliphatic heterocycles. The van der Waals surface area contributed by atoms with Crippen molar-refractivity contribution in [2.24, 2.45) is 11.7 Å². The first kappa shape index (κ1) is 13.5. The van der Waals surface area contributed by atoms with Gasteiger partial charge in [0, 0.05) is 25.7 Å². The molecule has 100 valence electrons. The standard InChI is InChI=1S/C12H19BrN4O/c1-3-17-12(18)11(13)10(6-15-17)16-5-4-8(2)9(14)7-16/h6,8-9H,3-5,7,14H2,1-2H3. The van der Waals surface area contributed by atoms with Crippen LogP contribution in [0.25, 0.3) is 0 Å². The van der Waals surface area contributed by atoms with Crippen LogP contribution in [0.4, 0.5) is 5.69 Å². The third-order valence-corrected chi connectivity index (χ3v) is 4.37. The third kappa shape index (κ3) is 2.44. The van der Waals surface area contributed by atoms with Gasteiger partial charge in [-0.3, -0.25) is 4.79 Å². The zero-order chi connectivity index (χ0) is 13.3. The van der Waals surface area contributed by atoms with Gasteiger partial charge in [-0.1, -0.05) is 6.92 Å². The Morgan fingerprint density at radius 3 is 2.94 bits per heavy atom. The Hall–Kier alpha value is -0.880. The number of hydrogen-bond acceptors (Lipinski definition) is 4. The number of nitrogens with two attached hydrogens (primary N) is 1. The molecule has 0 aliphatic carbocycles. The average Bonchev–Trinajstić information content (AvgIpc) is 2.36.